The molecule has 0 unspecified atom stereocenters. The van der Waals surface area contributed by atoms with E-state index in [-0.39, 0.29) is 0 Å². The van der Waals surface area contributed by atoms with Gasteiger partial charge in [-0.3, -0.25) is 9.97 Å². The van der Waals surface area contributed by atoms with E-state index in [0.29, 0.717) is 0 Å². The van der Waals surface area contributed by atoms with Crippen LogP contribution in [0.15, 0.2) is 140 Å². The number of benzene rings is 3. The molecule has 0 bridgehead atoms. The standard InChI is InChI=1S/C18H15N.C10H8N2/c1-4-10-16(11-5-1)19(17-12-6-2-7-13-17)18-14-8-3-9-15-18;1-3-7-11-9(5-1)10-6-2-4-8-12-10/h1-15H;1-8H. The predicted octanol–water partition coefficient (Wildman–Crippen LogP) is 7.30. The molecule has 0 saturated carbocycles. The Hall–Kier alpha value is -4.24. The van der Waals surface area contributed by atoms with E-state index in [9.17, 15) is 0 Å². The van der Waals surface area contributed by atoms with E-state index in [1.807, 2.05) is 54.6 Å². The number of hydrogen-bond acceptors (Lipinski definition) is 3. The molecule has 150 valence electrons. The molecule has 3 heteroatoms. The fraction of sp³-hybridized carbons (Fsp3) is 0. The zero-order valence-corrected chi connectivity index (χ0v) is 17.1. The van der Waals surface area contributed by atoms with E-state index in [0.717, 1.165) is 11.4 Å². The molecule has 0 aliphatic carbocycles. The Bertz CT molecular complexity index is 1020. The molecule has 3 aromatic carbocycles. The van der Waals surface area contributed by atoms with Crippen molar-refractivity contribution in [1.29, 1.82) is 0 Å². The molecule has 5 rings (SSSR count). The second-order valence-electron chi connectivity index (χ2n) is 6.77. The lowest BCUT2D eigenvalue weighted by Gasteiger charge is -2.25. The van der Waals surface area contributed by atoms with Gasteiger partial charge in [0.1, 0.15) is 0 Å². The molecule has 5 aromatic rings. The van der Waals surface area contributed by atoms with Gasteiger partial charge in [0, 0.05) is 29.5 Å². The zero-order valence-electron chi connectivity index (χ0n) is 17.1. The molecule has 0 aliphatic heterocycles. The minimum atomic E-state index is 0.915. The molecular formula is C28H23N3. The van der Waals surface area contributed by atoms with Gasteiger partial charge >= 0.3 is 0 Å². The first-order valence-electron chi connectivity index (χ1n) is 10.2. The molecular weight excluding hydrogens is 378 g/mol. The normalized spacial score (nSPS) is 9.94. The predicted molar refractivity (Wildman–Crippen MR) is 129 cm³/mol. The number of pyridine rings is 2. The van der Waals surface area contributed by atoms with E-state index in [4.69, 9.17) is 0 Å². The number of para-hydroxylation sites is 3. The third-order valence-electron chi connectivity index (χ3n) is 4.64. The van der Waals surface area contributed by atoms with Crippen molar-refractivity contribution in [3.8, 4) is 11.4 Å². The second-order valence-corrected chi connectivity index (χ2v) is 6.77. The molecule has 0 aliphatic rings. The van der Waals surface area contributed by atoms with E-state index >= 15 is 0 Å². The minimum Gasteiger partial charge on any atom is -0.311 e. The Kier molecular flexibility index (Phi) is 6.80. The smallest absolute Gasteiger partial charge is 0.0886 e. The molecule has 0 atom stereocenters. The summed E-state index contributed by atoms with van der Waals surface area (Å²) in [7, 11) is 0. The van der Waals surface area contributed by atoms with Crippen LogP contribution in [0.2, 0.25) is 0 Å². The van der Waals surface area contributed by atoms with Crippen LogP contribution in [0.3, 0.4) is 0 Å². The first-order chi connectivity index (χ1) is 15.4. The van der Waals surface area contributed by atoms with Crippen LogP contribution in [0.5, 0.6) is 0 Å². The summed E-state index contributed by atoms with van der Waals surface area (Å²) in [5, 5.41) is 0. The molecule has 0 N–H and O–H groups in total. The second kappa shape index (κ2) is 10.5. The Balaban J connectivity index is 0.000000166. The SMILES string of the molecule is c1ccc(-c2ccccn2)nc1.c1ccc(N(c2ccccc2)c2ccccc2)cc1. The highest BCUT2D eigenvalue weighted by Gasteiger charge is 2.10. The van der Waals surface area contributed by atoms with Gasteiger partial charge in [-0.25, -0.2) is 0 Å². The molecule has 3 nitrogen and oxygen atoms in total. The molecule has 0 spiro atoms. The van der Waals surface area contributed by atoms with Crippen molar-refractivity contribution in [1.82, 2.24) is 9.97 Å². The Morgan fingerprint density at radius 2 is 0.677 bits per heavy atom. The fourth-order valence-electron chi connectivity index (χ4n) is 3.21. The Morgan fingerprint density at radius 3 is 0.968 bits per heavy atom. The van der Waals surface area contributed by atoms with Gasteiger partial charge in [-0.2, -0.15) is 0 Å². The highest BCUT2D eigenvalue weighted by atomic mass is 15.1. The van der Waals surface area contributed by atoms with Crippen molar-refractivity contribution in [3.63, 3.8) is 0 Å². The van der Waals surface area contributed by atoms with Gasteiger partial charge in [0.05, 0.1) is 11.4 Å². The summed E-state index contributed by atoms with van der Waals surface area (Å²) in [4.78, 5) is 10.6. The first-order valence-corrected chi connectivity index (χ1v) is 10.2. The van der Waals surface area contributed by atoms with E-state index in [1.54, 1.807) is 12.4 Å². The highest BCUT2D eigenvalue weighted by Crippen LogP contribution is 2.33. The van der Waals surface area contributed by atoms with Crippen molar-refractivity contribution >= 4 is 17.1 Å². The van der Waals surface area contributed by atoms with Gasteiger partial charge in [0.15, 0.2) is 0 Å². The summed E-state index contributed by atoms with van der Waals surface area (Å²) in [5.74, 6) is 0. The van der Waals surface area contributed by atoms with Gasteiger partial charge in [0.25, 0.3) is 0 Å². The van der Waals surface area contributed by atoms with Crippen molar-refractivity contribution in [2.75, 3.05) is 4.90 Å². The van der Waals surface area contributed by atoms with Crippen molar-refractivity contribution in [3.05, 3.63) is 140 Å². The maximum Gasteiger partial charge on any atom is 0.0886 e. The van der Waals surface area contributed by atoms with Gasteiger partial charge in [-0.05, 0) is 60.7 Å². The number of aromatic nitrogens is 2. The van der Waals surface area contributed by atoms with E-state index in [1.165, 1.54) is 17.1 Å². The maximum atomic E-state index is 4.19. The summed E-state index contributed by atoms with van der Waals surface area (Å²) < 4.78 is 0. The lowest BCUT2D eigenvalue weighted by Crippen LogP contribution is -2.09. The molecule has 0 saturated heterocycles. The summed E-state index contributed by atoms with van der Waals surface area (Å²) in [6.07, 6.45) is 3.54. The van der Waals surface area contributed by atoms with Crippen LogP contribution in [-0.2, 0) is 0 Å². The Labute approximate surface area is 183 Å². The van der Waals surface area contributed by atoms with Crippen LogP contribution >= 0.6 is 0 Å². The van der Waals surface area contributed by atoms with Crippen molar-refractivity contribution in [2.24, 2.45) is 0 Å². The van der Waals surface area contributed by atoms with Gasteiger partial charge in [-0.15, -0.1) is 0 Å². The lowest BCUT2D eigenvalue weighted by molar-refractivity contribution is 1.25. The van der Waals surface area contributed by atoms with Crippen LogP contribution in [0.1, 0.15) is 0 Å². The number of anilines is 3. The molecule has 0 fully saturated rings. The van der Waals surface area contributed by atoms with Crippen LogP contribution < -0.4 is 4.90 Å². The van der Waals surface area contributed by atoms with E-state index < -0.39 is 0 Å². The minimum absolute atomic E-state index is 0.915. The van der Waals surface area contributed by atoms with Gasteiger partial charge in [-0.1, -0.05) is 66.7 Å². The number of nitrogens with zero attached hydrogens (tertiary/aromatic N) is 3. The quantitative estimate of drug-likeness (QED) is 0.316. The van der Waals surface area contributed by atoms with Crippen LogP contribution in [0.4, 0.5) is 17.1 Å². The number of hydrogen-bond donors (Lipinski definition) is 0. The first kappa shape index (κ1) is 20.0. The Morgan fingerprint density at radius 1 is 0.355 bits per heavy atom. The third kappa shape index (κ3) is 5.43. The lowest BCUT2D eigenvalue weighted by atomic mass is 10.2. The third-order valence-corrected chi connectivity index (χ3v) is 4.64. The summed E-state index contributed by atoms with van der Waals surface area (Å²) >= 11 is 0. The molecule has 2 aromatic heterocycles. The van der Waals surface area contributed by atoms with Gasteiger partial charge < -0.3 is 4.90 Å². The largest absolute Gasteiger partial charge is 0.311 e. The monoisotopic (exact) mass is 401 g/mol. The maximum absolute atomic E-state index is 4.19. The average molecular weight is 402 g/mol. The average Bonchev–Trinajstić information content (AvgIpc) is 2.88. The van der Waals surface area contributed by atoms with Crippen molar-refractivity contribution in [2.45, 2.75) is 0 Å². The summed E-state index contributed by atoms with van der Waals surface area (Å²) in [6, 6.07) is 42.8. The van der Waals surface area contributed by atoms with E-state index in [2.05, 4.69) is 87.7 Å². The fourth-order valence-corrected chi connectivity index (χ4v) is 3.21. The molecule has 0 amide bonds. The topological polar surface area (TPSA) is 29.0 Å². The zero-order chi connectivity index (χ0) is 21.1. The highest BCUT2D eigenvalue weighted by molar-refractivity contribution is 5.76. The van der Waals surface area contributed by atoms with Gasteiger partial charge in [0.2, 0.25) is 0 Å². The molecule has 31 heavy (non-hydrogen) atoms. The van der Waals surface area contributed by atoms with Crippen LogP contribution in [0, 0.1) is 0 Å². The molecule has 2 heterocycles. The van der Waals surface area contributed by atoms with Crippen LogP contribution in [0.25, 0.3) is 11.4 Å². The van der Waals surface area contributed by atoms with Crippen LogP contribution in [-0.4, -0.2) is 9.97 Å². The van der Waals surface area contributed by atoms with Crippen molar-refractivity contribution < 1.29 is 0 Å². The summed E-state index contributed by atoms with van der Waals surface area (Å²) in [5.41, 5.74) is 5.33. The number of rotatable bonds is 4. The molecule has 0 radical (unpaired) electrons. The summed E-state index contributed by atoms with van der Waals surface area (Å²) in [6.45, 7) is 0.